The summed E-state index contributed by atoms with van der Waals surface area (Å²) in [5, 5.41) is 1.19. The normalized spacial score (nSPS) is 24.4. The van der Waals surface area contributed by atoms with E-state index in [0.717, 1.165) is 31.2 Å². The number of sulfonamides is 1. The second-order valence-corrected chi connectivity index (χ2v) is 7.78. The topological polar surface area (TPSA) is 64.6 Å². The Morgan fingerprint density at radius 1 is 1.17 bits per heavy atom. The van der Waals surface area contributed by atoms with Gasteiger partial charge < -0.3 is 9.47 Å². The molecule has 1 saturated heterocycles. The lowest BCUT2D eigenvalue weighted by molar-refractivity contribution is -0.186. The fourth-order valence-corrected chi connectivity index (χ4v) is 3.91. The lowest BCUT2D eigenvalue weighted by atomic mass is 9.94. The highest BCUT2D eigenvalue weighted by atomic mass is 32.2. The first-order valence-electron chi connectivity index (χ1n) is 8.12. The van der Waals surface area contributed by atoms with Gasteiger partial charge in [0.1, 0.15) is 0 Å². The molecule has 126 valence electrons. The van der Waals surface area contributed by atoms with E-state index in [4.69, 9.17) is 9.47 Å². The van der Waals surface area contributed by atoms with Crippen LogP contribution in [0.3, 0.4) is 0 Å². The Kier molecular flexibility index (Phi) is 5.16. The molecular weight excluding hydrogens is 314 g/mol. The summed E-state index contributed by atoms with van der Waals surface area (Å²) in [6.07, 6.45) is 6.62. The predicted molar refractivity (Wildman–Crippen MR) is 89.0 cm³/mol. The molecule has 5 nitrogen and oxygen atoms in total. The highest BCUT2D eigenvalue weighted by molar-refractivity contribution is 7.92. The van der Waals surface area contributed by atoms with Crippen molar-refractivity contribution in [3.05, 3.63) is 41.3 Å². The van der Waals surface area contributed by atoms with Crippen LogP contribution in [0.2, 0.25) is 0 Å². The lowest BCUT2D eigenvalue weighted by Crippen LogP contribution is -2.36. The van der Waals surface area contributed by atoms with Crippen LogP contribution in [0.1, 0.15) is 37.7 Å². The van der Waals surface area contributed by atoms with E-state index in [1.807, 2.05) is 30.3 Å². The third-order valence-electron chi connectivity index (χ3n) is 4.28. The number of hydrogen-bond donors (Lipinski definition) is 1. The molecule has 1 spiro atoms. The number of ether oxygens (including phenoxy) is 2. The van der Waals surface area contributed by atoms with Crippen LogP contribution >= 0.6 is 0 Å². The standard InChI is InChI=1S/C17H23NO4S/c19-23(20,12-9-15-7-3-1-4-8-15)18-13-16-14-21-17(22-16)10-5-2-6-11-17/h1,3-4,7-9,12,16,18H,2,5-6,10-11,13-14H2/b12-9+. The third-order valence-corrected chi connectivity index (χ3v) is 5.34. The molecule has 6 heteroatoms. The highest BCUT2D eigenvalue weighted by Gasteiger charge is 2.42. The van der Waals surface area contributed by atoms with Crippen LogP contribution in [0.4, 0.5) is 0 Å². The van der Waals surface area contributed by atoms with E-state index in [2.05, 4.69) is 4.72 Å². The second-order valence-electron chi connectivity index (χ2n) is 6.13. The molecule has 0 amide bonds. The van der Waals surface area contributed by atoms with Crippen LogP contribution in [0, 0.1) is 0 Å². The Morgan fingerprint density at radius 3 is 2.65 bits per heavy atom. The summed E-state index contributed by atoms with van der Waals surface area (Å²) in [5.41, 5.74) is 0.847. The Morgan fingerprint density at radius 2 is 1.91 bits per heavy atom. The summed E-state index contributed by atoms with van der Waals surface area (Å²) in [5.74, 6) is -0.464. The Bertz CT molecular complexity index is 636. The molecule has 3 rings (SSSR count). The molecule has 2 fully saturated rings. The molecule has 0 bridgehead atoms. The van der Waals surface area contributed by atoms with Gasteiger partial charge in [0.15, 0.2) is 5.79 Å². The van der Waals surface area contributed by atoms with Crippen molar-refractivity contribution in [1.29, 1.82) is 0 Å². The first-order valence-corrected chi connectivity index (χ1v) is 9.66. The van der Waals surface area contributed by atoms with Crippen molar-refractivity contribution in [2.75, 3.05) is 13.2 Å². The van der Waals surface area contributed by atoms with E-state index in [0.29, 0.717) is 6.61 Å². The van der Waals surface area contributed by atoms with Crippen molar-refractivity contribution in [1.82, 2.24) is 4.72 Å². The molecular formula is C17H23NO4S. The van der Waals surface area contributed by atoms with Gasteiger partial charge in [-0.2, -0.15) is 0 Å². The average Bonchev–Trinajstić information content (AvgIpc) is 2.96. The van der Waals surface area contributed by atoms with Crippen molar-refractivity contribution in [3.8, 4) is 0 Å². The highest BCUT2D eigenvalue weighted by Crippen LogP contribution is 2.37. The van der Waals surface area contributed by atoms with Crippen molar-refractivity contribution >= 4 is 16.1 Å². The van der Waals surface area contributed by atoms with Gasteiger partial charge in [0.25, 0.3) is 0 Å². The molecule has 23 heavy (non-hydrogen) atoms. The van der Waals surface area contributed by atoms with Crippen LogP contribution < -0.4 is 4.72 Å². The molecule has 1 aliphatic carbocycles. The van der Waals surface area contributed by atoms with Crippen molar-refractivity contribution < 1.29 is 17.9 Å². The van der Waals surface area contributed by atoms with E-state index in [1.54, 1.807) is 6.08 Å². The quantitative estimate of drug-likeness (QED) is 0.897. The summed E-state index contributed by atoms with van der Waals surface area (Å²) in [6, 6.07) is 9.34. The minimum absolute atomic E-state index is 0.215. The SMILES string of the molecule is O=S(=O)(/C=C/c1ccccc1)NCC1COC2(CCCCC2)O1. The Labute approximate surface area is 137 Å². The molecule has 1 heterocycles. The first kappa shape index (κ1) is 16.6. The number of rotatable bonds is 5. The maximum absolute atomic E-state index is 12.0. The zero-order valence-corrected chi connectivity index (χ0v) is 13.9. The summed E-state index contributed by atoms with van der Waals surface area (Å²) in [4.78, 5) is 0. The zero-order valence-electron chi connectivity index (χ0n) is 13.1. The van der Waals surface area contributed by atoms with Gasteiger partial charge in [-0.15, -0.1) is 0 Å². The van der Waals surface area contributed by atoms with Crippen LogP contribution in [0.15, 0.2) is 35.7 Å². The van der Waals surface area contributed by atoms with Gasteiger partial charge in [-0.1, -0.05) is 36.8 Å². The predicted octanol–water partition coefficient (Wildman–Crippen LogP) is 2.65. The van der Waals surface area contributed by atoms with Gasteiger partial charge in [0.2, 0.25) is 10.0 Å². The molecule has 1 atom stereocenters. The molecule has 0 radical (unpaired) electrons. The van der Waals surface area contributed by atoms with Gasteiger partial charge >= 0.3 is 0 Å². The molecule has 1 aliphatic heterocycles. The smallest absolute Gasteiger partial charge is 0.233 e. The minimum Gasteiger partial charge on any atom is -0.347 e. The molecule has 1 aromatic carbocycles. The molecule has 1 saturated carbocycles. The van der Waals surface area contributed by atoms with Crippen LogP contribution in [0.25, 0.3) is 6.08 Å². The van der Waals surface area contributed by atoms with Gasteiger partial charge in [-0.25, -0.2) is 13.1 Å². The van der Waals surface area contributed by atoms with Crippen LogP contribution in [-0.2, 0) is 19.5 Å². The van der Waals surface area contributed by atoms with Gasteiger partial charge in [-0.05, 0) is 24.5 Å². The fourth-order valence-electron chi connectivity index (χ4n) is 3.06. The number of nitrogens with one attached hydrogen (secondary N) is 1. The second kappa shape index (κ2) is 7.13. The maximum Gasteiger partial charge on any atom is 0.233 e. The van der Waals surface area contributed by atoms with E-state index < -0.39 is 15.8 Å². The molecule has 2 aliphatic rings. The molecule has 1 N–H and O–H groups in total. The van der Waals surface area contributed by atoms with Crippen molar-refractivity contribution in [2.24, 2.45) is 0 Å². The largest absolute Gasteiger partial charge is 0.347 e. The maximum atomic E-state index is 12.0. The Hall–Kier alpha value is -1.21. The summed E-state index contributed by atoms with van der Waals surface area (Å²) < 4.78 is 38.4. The number of benzene rings is 1. The average molecular weight is 337 g/mol. The van der Waals surface area contributed by atoms with E-state index in [9.17, 15) is 8.42 Å². The van der Waals surface area contributed by atoms with E-state index >= 15 is 0 Å². The van der Waals surface area contributed by atoms with E-state index in [-0.39, 0.29) is 12.6 Å². The summed E-state index contributed by atoms with van der Waals surface area (Å²) in [7, 11) is -3.48. The van der Waals surface area contributed by atoms with Crippen molar-refractivity contribution in [2.45, 2.75) is 44.0 Å². The van der Waals surface area contributed by atoms with E-state index in [1.165, 1.54) is 11.8 Å². The molecule has 1 unspecified atom stereocenters. The van der Waals surface area contributed by atoms with Gasteiger partial charge in [0, 0.05) is 24.8 Å². The Balaban J connectivity index is 1.51. The fraction of sp³-hybridized carbons (Fsp3) is 0.529. The van der Waals surface area contributed by atoms with Crippen LogP contribution in [0.5, 0.6) is 0 Å². The monoisotopic (exact) mass is 337 g/mol. The minimum atomic E-state index is -3.48. The zero-order chi connectivity index (χ0) is 16.2. The molecule has 0 aromatic heterocycles. The van der Waals surface area contributed by atoms with Crippen molar-refractivity contribution in [3.63, 3.8) is 0 Å². The first-order chi connectivity index (χ1) is 11.1. The molecule has 1 aromatic rings. The third kappa shape index (κ3) is 4.64. The summed E-state index contributed by atoms with van der Waals surface area (Å²) in [6.45, 7) is 0.689. The summed E-state index contributed by atoms with van der Waals surface area (Å²) >= 11 is 0. The van der Waals surface area contributed by atoms with Crippen LogP contribution in [-0.4, -0.2) is 33.5 Å². The lowest BCUT2D eigenvalue weighted by Gasteiger charge is -2.31. The van der Waals surface area contributed by atoms with Gasteiger partial charge in [0.05, 0.1) is 12.7 Å². The van der Waals surface area contributed by atoms with Gasteiger partial charge in [-0.3, -0.25) is 0 Å². The number of hydrogen-bond acceptors (Lipinski definition) is 4.